The molecule has 3 aromatic heterocycles. The monoisotopic (exact) mass is 545 g/mol. The lowest BCUT2D eigenvalue weighted by Crippen LogP contribution is -2.33. The van der Waals surface area contributed by atoms with Crippen LogP contribution in [-0.4, -0.2) is 57.6 Å². The van der Waals surface area contributed by atoms with Gasteiger partial charge in [-0.15, -0.1) is 10.2 Å². The minimum atomic E-state index is -4.06. The van der Waals surface area contributed by atoms with Crippen LogP contribution in [-0.2, 0) is 14.8 Å². The number of hydrogen-bond acceptors (Lipinski definition) is 9. The molecular weight excluding hydrogens is 518 g/mol. The molecule has 0 saturated heterocycles. The second-order valence-electron chi connectivity index (χ2n) is 8.91. The van der Waals surface area contributed by atoms with E-state index in [9.17, 15) is 8.42 Å². The van der Waals surface area contributed by atoms with E-state index in [1.165, 1.54) is 21.1 Å². The Morgan fingerprint density at radius 2 is 1.67 bits per heavy atom. The summed E-state index contributed by atoms with van der Waals surface area (Å²) in [5.74, 6) is 0.978. The lowest BCUT2D eigenvalue weighted by molar-refractivity contribution is 0.0949. The normalized spacial score (nSPS) is 13.2. The molecule has 12 heteroatoms. The molecular formula is C27H27N7O4S. The molecule has 200 valence electrons. The van der Waals surface area contributed by atoms with E-state index < -0.39 is 21.4 Å². The Balaban J connectivity index is 1.59. The van der Waals surface area contributed by atoms with Gasteiger partial charge < -0.3 is 9.47 Å². The van der Waals surface area contributed by atoms with Crippen molar-refractivity contribution in [2.45, 2.75) is 25.2 Å². The fourth-order valence-corrected chi connectivity index (χ4v) is 5.30. The van der Waals surface area contributed by atoms with Gasteiger partial charge in [-0.25, -0.2) is 23.4 Å². The van der Waals surface area contributed by atoms with E-state index in [4.69, 9.17) is 9.47 Å². The minimum Gasteiger partial charge on any atom is -0.481 e. The molecule has 0 aliphatic carbocycles. The molecule has 1 N–H and O–H groups in total. The van der Waals surface area contributed by atoms with E-state index in [1.807, 2.05) is 49.4 Å². The zero-order valence-electron chi connectivity index (χ0n) is 21.8. The maximum absolute atomic E-state index is 13.6. The SMILES string of the molecule is COc1cccc(-c2nnc(NS(=O)(=O)[C@@H](C)[C@H](OC)c3ncc(C)cn3)n2-c2ccc3ccccc3c2)n1. The van der Waals surface area contributed by atoms with Gasteiger partial charge in [0.05, 0.1) is 12.8 Å². The zero-order chi connectivity index (χ0) is 27.6. The summed E-state index contributed by atoms with van der Waals surface area (Å²) in [6, 6.07) is 18.9. The van der Waals surface area contributed by atoms with Gasteiger partial charge in [-0.05, 0) is 48.4 Å². The Morgan fingerprint density at radius 1 is 0.923 bits per heavy atom. The number of pyridine rings is 1. The van der Waals surface area contributed by atoms with Crippen LogP contribution in [0.2, 0.25) is 0 Å². The maximum atomic E-state index is 13.6. The van der Waals surface area contributed by atoms with Crippen LogP contribution in [0.15, 0.2) is 73.1 Å². The number of aromatic nitrogens is 6. The predicted molar refractivity (Wildman–Crippen MR) is 147 cm³/mol. The van der Waals surface area contributed by atoms with E-state index in [0.717, 1.165) is 16.3 Å². The molecule has 39 heavy (non-hydrogen) atoms. The Bertz CT molecular complexity index is 1720. The first-order valence-corrected chi connectivity index (χ1v) is 13.6. The summed E-state index contributed by atoms with van der Waals surface area (Å²) in [6.07, 6.45) is 2.31. The van der Waals surface area contributed by atoms with E-state index >= 15 is 0 Å². The Hall–Kier alpha value is -4.42. The van der Waals surface area contributed by atoms with E-state index in [0.29, 0.717) is 23.1 Å². The number of aryl methyl sites for hydroxylation is 1. The lowest BCUT2D eigenvalue weighted by atomic mass is 10.1. The maximum Gasteiger partial charge on any atom is 0.243 e. The van der Waals surface area contributed by atoms with Crippen molar-refractivity contribution in [2.75, 3.05) is 18.9 Å². The molecule has 11 nitrogen and oxygen atoms in total. The zero-order valence-corrected chi connectivity index (χ0v) is 22.6. The number of fused-ring (bicyclic) bond motifs is 1. The van der Waals surface area contributed by atoms with Crippen molar-refractivity contribution in [1.29, 1.82) is 0 Å². The summed E-state index contributed by atoms with van der Waals surface area (Å²) in [7, 11) is -1.12. The van der Waals surface area contributed by atoms with Gasteiger partial charge in [0.25, 0.3) is 0 Å². The first-order chi connectivity index (χ1) is 18.8. The molecule has 0 unspecified atom stereocenters. The Morgan fingerprint density at radius 3 is 2.38 bits per heavy atom. The third-order valence-electron chi connectivity index (χ3n) is 6.27. The molecule has 0 radical (unpaired) electrons. The number of benzene rings is 2. The standard InChI is InChI=1S/C27H27N7O4S/c1-17-15-28-25(29-16-17)24(38-4)18(2)39(35,36)33-27-32-31-26(22-10-7-11-23(30-22)37-3)34(27)21-13-12-19-8-5-6-9-20(19)14-21/h5-16,18,24H,1-4H3,(H,32,33)/t18-,24-/m0/s1. The number of nitrogens with one attached hydrogen (secondary N) is 1. The number of rotatable bonds is 9. The molecule has 2 atom stereocenters. The number of methoxy groups -OCH3 is 2. The number of sulfonamides is 1. The third-order valence-corrected chi connectivity index (χ3v) is 7.97. The number of nitrogens with zero attached hydrogens (tertiary/aromatic N) is 6. The summed E-state index contributed by atoms with van der Waals surface area (Å²) in [6.45, 7) is 3.38. The van der Waals surface area contributed by atoms with Crippen LogP contribution in [0.1, 0.15) is 24.4 Å². The van der Waals surface area contributed by atoms with Crippen LogP contribution >= 0.6 is 0 Å². The van der Waals surface area contributed by atoms with Gasteiger partial charge >= 0.3 is 0 Å². The highest BCUT2D eigenvalue weighted by atomic mass is 32.2. The van der Waals surface area contributed by atoms with Gasteiger partial charge in [-0.1, -0.05) is 36.4 Å². The first kappa shape index (κ1) is 26.2. The molecule has 3 heterocycles. The van der Waals surface area contributed by atoms with Gasteiger partial charge in [0.1, 0.15) is 17.0 Å². The number of anilines is 1. The van der Waals surface area contributed by atoms with Crippen molar-refractivity contribution in [3.05, 3.63) is 84.4 Å². The van der Waals surface area contributed by atoms with Gasteiger partial charge in [0.2, 0.25) is 21.9 Å². The smallest absolute Gasteiger partial charge is 0.243 e. The Labute approximate surface area is 225 Å². The fraction of sp³-hybridized carbons (Fsp3) is 0.222. The second kappa shape index (κ2) is 10.8. The van der Waals surface area contributed by atoms with Crippen LogP contribution in [0, 0.1) is 6.92 Å². The molecule has 0 spiro atoms. The molecule has 0 amide bonds. The van der Waals surface area contributed by atoms with Gasteiger partial charge in [0.15, 0.2) is 11.6 Å². The third kappa shape index (κ3) is 5.29. The molecule has 5 rings (SSSR count). The predicted octanol–water partition coefficient (Wildman–Crippen LogP) is 4.11. The number of hydrogen-bond donors (Lipinski definition) is 1. The second-order valence-corrected chi connectivity index (χ2v) is 10.9. The van der Waals surface area contributed by atoms with E-state index in [-0.39, 0.29) is 11.8 Å². The lowest BCUT2D eigenvalue weighted by Gasteiger charge is -2.22. The van der Waals surface area contributed by atoms with Crippen molar-refractivity contribution in [3.8, 4) is 23.1 Å². The molecule has 0 aliphatic heterocycles. The molecule has 5 aromatic rings. The van der Waals surface area contributed by atoms with E-state index in [2.05, 4.69) is 29.9 Å². The number of ether oxygens (including phenoxy) is 2. The van der Waals surface area contributed by atoms with Crippen LogP contribution in [0.3, 0.4) is 0 Å². The van der Waals surface area contributed by atoms with Crippen LogP contribution in [0.25, 0.3) is 28.0 Å². The summed E-state index contributed by atoms with van der Waals surface area (Å²) >= 11 is 0. The van der Waals surface area contributed by atoms with E-state index in [1.54, 1.807) is 35.2 Å². The summed E-state index contributed by atoms with van der Waals surface area (Å²) < 4.78 is 42.3. The van der Waals surface area contributed by atoms with Crippen LogP contribution in [0.5, 0.6) is 5.88 Å². The highest BCUT2D eigenvalue weighted by Crippen LogP contribution is 2.30. The topological polar surface area (TPSA) is 134 Å². The molecule has 0 fully saturated rings. The molecule has 0 saturated carbocycles. The van der Waals surface area contributed by atoms with Crippen molar-refractivity contribution < 1.29 is 17.9 Å². The summed E-state index contributed by atoms with van der Waals surface area (Å²) in [4.78, 5) is 13.0. The van der Waals surface area contributed by atoms with Crippen molar-refractivity contribution in [3.63, 3.8) is 0 Å². The molecule has 0 aliphatic rings. The molecule has 0 bridgehead atoms. The Kier molecular flexibility index (Phi) is 7.22. The van der Waals surface area contributed by atoms with Gasteiger partial charge in [-0.2, -0.15) is 0 Å². The van der Waals surface area contributed by atoms with Crippen LogP contribution < -0.4 is 9.46 Å². The molecule has 2 aromatic carbocycles. The highest BCUT2D eigenvalue weighted by molar-refractivity contribution is 7.93. The van der Waals surface area contributed by atoms with Crippen molar-refractivity contribution in [1.82, 2.24) is 29.7 Å². The summed E-state index contributed by atoms with van der Waals surface area (Å²) in [5.41, 5.74) is 1.95. The van der Waals surface area contributed by atoms with Crippen molar-refractivity contribution in [2.24, 2.45) is 0 Å². The van der Waals surface area contributed by atoms with Crippen molar-refractivity contribution >= 4 is 26.7 Å². The largest absolute Gasteiger partial charge is 0.481 e. The first-order valence-electron chi connectivity index (χ1n) is 12.1. The van der Waals surface area contributed by atoms with Crippen LogP contribution in [0.4, 0.5) is 5.95 Å². The van der Waals surface area contributed by atoms with Gasteiger partial charge in [0, 0.05) is 25.6 Å². The average Bonchev–Trinajstić information content (AvgIpc) is 3.36. The highest BCUT2D eigenvalue weighted by Gasteiger charge is 2.34. The average molecular weight is 546 g/mol. The fourth-order valence-electron chi connectivity index (χ4n) is 4.17. The minimum absolute atomic E-state index is 0.00331. The summed E-state index contributed by atoms with van der Waals surface area (Å²) in [5, 5.41) is 9.45. The van der Waals surface area contributed by atoms with Gasteiger partial charge in [-0.3, -0.25) is 9.29 Å². The quantitative estimate of drug-likeness (QED) is 0.290.